The standard InChI is InChI=1S/C21H28ClN5/c1-15-12-20(25-21(23)24-15)27-10-7-17(8-11-27)18-6-9-26(14-18)13-16-2-4-19(22)5-3-16/h2-5,12,17-18H,6-11,13-14H2,1H3,(H2,23,24,25). The van der Waals surface area contributed by atoms with Gasteiger partial charge in [0.1, 0.15) is 5.82 Å². The third-order valence-corrected chi connectivity index (χ3v) is 6.27. The van der Waals surface area contributed by atoms with Gasteiger partial charge in [-0.2, -0.15) is 4.98 Å². The molecule has 1 aromatic heterocycles. The fourth-order valence-electron chi connectivity index (χ4n) is 4.58. The highest BCUT2D eigenvalue weighted by Crippen LogP contribution is 2.33. The molecule has 1 aromatic carbocycles. The van der Waals surface area contributed by atoms with Crippen LogP contribution in [0.5, 0.6) is 0 Å². The number of hydrogen-bond donors (Lipinski definition) is 1. The zero-order valence-electron chi connectivity index (χ0n) is 15.9. The Balaban J connectivity index is 1.29. The lowest BCUT2D eigenvalue weighted by Gasteiger charge is -2.35. The third kappa shape index (κ3) is 4.53. The Morgan fingerprint density at radius 2 is 1.74 bits per heavy atom. The predicted octanol–water partition coefficient (Wildman–Crippen LogP) is 3.76. The topological polar surface area (TPSA) is 58.3 Å². The Morgan fingerprint density at radius 3 is 2.44 bits per heavy atom. The van der Waals surface area contributed by atoms with Crippen LogP contribution in [0.1, 0.15) is 30.5 Å². The predicted molar refractivity (Wildman–Crippen MR) is 111 cm³/mol. The summed E-state index contributed by atoms with van der Waals surface area (Å²) < 4.78 is 0. The third-order valence-electron chi connectivity index (χ3n) is 6.02. The number of aromatic nitrogens is 2. The van der Waals surface area contributed by atoms with E-state index >= 15 is 0 Å². The van der Waals surface area contributed by atoms with Crippen molar-refractivity contribution in [1.82, 2.24) is 14.9 Å². The minimum absolute atomic E-state index is 0.376. The summed E-state index contributed by atoms with van der Waals surface area (Å²) >= 11 is 5.99. The summed E-state index contributed by atoms with van der Waals surface area (Å²) in [6.45, 7) is 7.55. The first-order chi connectivity index (χ1) is 13.1. The molecule has 0 radical (unpaired) electrons. The number of halogens is 1. The summed E-state index contributed by atoms with van der Waals surface area (Å²) in [4.78, 5) is 13.6. The van der Waals surface area contributed by atoms with E-state index in [-0.39, 0.29) is 0 Å². The maximum Gasteiger partial charge on any atom is 0.222 e. The minimum Gasteiger partial charge on any atom is -0.368 e. The van der Waals surface area contributed by atoms with Crippen LogP contribution in [0.15, 0.2) is 30.3 Å². The molecule has 27 heavy (non-hydrogen) atoms. The first-order valence-electron chi connectivity index (χ1n) is 9.90. The molecule has 0 bridgehead atoms. The molecule has 4 rings (SSSR count). The van der Waals surface area contributed by atoms with Gasteiger partial charge in [-0.15, -0.1) is 0 Å². The summed E-state index contributed by atoms with van der Waals surface area (Å²) in [7, 11) is 0. The smallest absolute Gasteiger partial charge is 0.222 e. The quantitative estimate of drug-likeness (QED) is 0.868. The highest BCUT2D eigenvalue weighted by atomic mass is 35.5. The molecule has 2 fully saturated rings. The van der Waals surface area contributed by atoms with Gasteiger partial charge in [-0.1, -0.05) is 23.7 Å². The van der Waals surface area contributed by atoms with Crippen molar-refractivity contribution in [1.29, 1.82) is 0 Å². The molecule has 2 N–H and O–H groups in total. The average molecular weight is 386 g/mol. The second-order valence-corrected chi connectivity index (χ2v) is 8.40. The van der Waals surface area contributed by atoms with E-state index in [9.17, 15) is 0 Å². The second-order valence-electron chi connectivity index (χ2n) is 7.96. The van der Waals surface area contributed by atoms with Crippen molar-refractivity contribution in [2.24, 2.45) is 11.8 Å². The van der Waals surface area contributed by atoms with Gasteiger partial charge in [0.15, 0.2) is 0 Å². The lowest BCUT2D eigenvalue weighted by molar-refractivity contribution is 0.252. The molecule has 6 heteroatoms. The van der Waals surface area contributed by atoms with Gasteiger partial charge in [-0.05, 0) is 62.3 Å². The van der Waals surface area contributed by atoms with E-state index < -0.39 is 0 Å². The van der Waals surface area contributed by atoms with Crippen LogP contribution >= 0.6 is 11.6 Å². The van der Waals surface area contributed by atoms with Gasteiger partial charge >= 0.3 is 0 Å². The highest BCUT2D eigenvalue weighted by molar-refractivity contribution is 6.30. The van der Waals surface area contributed by atoms with Crippen molar-refractivity contribution < 1.29 is 0 Å². The molecule has 0 saturated carbocycles. The van der Waals surface area contributed by atoms with Crippen LogP contribution in [0.3, 0.4) is 0 Å². The van der Waals surface area contributed by atoms with Crippen LogP contribution in [0, 0.1) is 18.8 Å². The number of nitrogens with two attached hydrogens (primary N) is 1. The number of anilines is 2. The van der Waals surface area contributed by atoms with Gasteiger partial charge in [0.05, 0.1) is 0 Å². The van der Waals surface area contributed by atoms with Crippen LogP contribution in [0.2, 0.25) is 5.02 Å². The number of nitrogen functional groups attached to an aromatic ring is 1. The molecule has 1 atom stereocenters. The van der Waals surface area contributed by atoms with Crippen molar-refractivity contribution in [3.8, 4) is 0 Å². The number of nitrogens with zero attached hydrogens (tertiary/aromatic N) is 4. The molecule has 0 aliphatic carbocycles. The Labute approximate surface area is 166 Å². The average Bonchev–Trinajstić information content (AvgIpc) is 3.11. The number of aryl methyl sites for hydroxylation is 1. The van der Waals surface area contributed by atoms with Crippen molar-refractivity contribution in [3.63, 3.8) is 0 Å². The molecule has 2 aliphatic heterocycles. The zero-order chi connectivity index (χ0) is 18.8. The number of likely N-dealkylation sites (tertiary alicyclic amines) is 1. The van der Waals surface area contributed by atoms with Gasteiger partial charge in [0.25, 0.3) is 0 Å². The van der Waals surface area contributed by atoms with Gasteiger partial charge in [0, 0.05) is 43.0 Å². The van der Waals surface area contributed by atoms with E-state index in [1.54, 1.807) is 0 Å². The summed E-state index contributed by atoms with van der Waals surface area (Å²) in [5, 5.41) is 0.811. The fraction of sp³-hybridized carbons (Fsp3) is 0.524. The van der Waals surface area contributed by atoms with Crippen LogP contribution in [0.4, 0.5) is 11.8 Å². The maximum atomic E-state index is 5.99. The van der Waals surface area contributed by atoms with Crippen LogP contribution < -0.4 is 10.6 Å². The highest BCUT2D eigenvalue weighted by Gasteiger charge is 2.32. The lowest BCUT2D eigenvalue weighted by Crippen LogP contribution is -2.37. The summed E-state index contributed by atoms with van der Waals surface area (Å²) in [5.41, 5.74) is 8.11. The Hall–Kier alpha value is -1.85. The van der Waals surface area contributed by atoms with Crippen molar-refractivity contribution in [2.45, 2.75) is 32.7 Å². The van der Waals surface area contributed by atoms with E-state index in [2.05, 4.69) is 31.9 Å². The second kappa shape index (κ2) is 8.03. The van der Waals surface area contributed by atoms with Gasteiger partial charge in [0.2, 0.25) is 5.95 Å². The van der Waals surface area contributed by atoms with Crippen molar-refractivity contribution in [3.05, 3.63) is 46.6 Å². The molecule has 5 nitrogen and oxygen atoms in total. The Morgan fingerprint density at radius 1 is 1.04 bits per heavy atom. The van der Waals surface area contributed by atoms with Crippen LogP contribution in [-0.4, -0.2) is 41.0 Å². The van der Waals surface area contributed by atoms with Crippen molar-refractivity contribution in [2.75, 3.05) is 36.8 Å². The Kier molecular flexibility index (Phi) is 5.50. The number of hydrogen-bond acceptors (Lipinski definition) is 5. The minimum atomic E-state index is 0.376. The molecule has 2 aromatic rings. The summed E-state index contributed by atoms with van der Waals surface area (Å²) in [6, 6.07) is 10.3. The largest absolute Gasteiger partial charge is 0.368 e. The van der Waals surface area contributed by atoms with E-state index in [0.29, 0.717) is 5.95 Å². The van der Waals surface area contributed by atoms with Crippen molar-refractivity contribution >= 4 is 23.4 Å². The van der Waals surface area contributed by atoms with Crippen LogP contribution in [0.25, 0.3) is 0 Å². The fourth-order valence-corrected chi connectivity index (χ4v) is 4.70. The van der Waals surface area contributed by atoms with E-state index in [0.717, 1.165) is 48.0 Å². The summed E-state index contributed by atoms with van der Waals surface area (Å²) in [5.74, 6) is 2.99. The summed E-state index contributed by atoms with van der Waals surface area (Å²) in [6.07, 6.45) is 3.79. The first kappa shape index (κ1) is 18.5. The van der Waals surface area contributed by atoms with Gasteiger partial charge in [-0.25, -0.2) is 4.98 Å². The molecule has 1 unspecified atom stereocenters. The van der Waals surface area contributed by atoms with Gasteiger partial charge in [-0.3, -0.25) is 4.90 Å². The SMILES string of the molecule is Cc1cc(N2CCC(C3CCN(Cc4ccc(Cl)cc4)C3)CC2)nc(N)n1. The normalized spacial score (nSPS) is 21.7. The monoisotopic (exact) mass is 385 g/mol. The molecular weight excluding hydrogens is 358 g/mol. The number of benzene rings is 1. The number of rotatable bonds is 4. The molecule has 3 heterocycles. The molecule has 0 amide bonds. The zero-order valence-corrected chi connectivity index (χ0v) is 16.7. The molecular formula is C21H28ClN5. The Bertz CT molecular complexity index is 750. The molecule has 144 valence electrons. The molecule has 2 saturated heterocycles. The molecule has 2 aliphatic rings. The van der Waals surface area contributed by atoms with E-state index in [1.165, 1.54) is 37.9 Å². The van der Waals surface area contributed by atoms with Gasteiger partial charge < -0.3 is 10.6 Å². The lowest BCUT2D eigenvalue weighted by atomic mass is 9.84. The van der Waals surface area contributed by atoms with Crippen LogP contribution in [-0.2, 0) is 6.54 Å². The first-order valence-corrected chi connectivity index (χ1v) is 10.3. The number of piperidine rings is 1. The maximum absolute atomic E-state index is 5.99. The molecule has 0 spiro atoms. The van der Waals surface area contributed by atoms with E-state index in [4.69, 9.17) is 17.3 Å². The van der Waals surface area contributed by atoms with E-state index in [1.807, 2.05) is 25.1 Å².